The van der Waals surface area contributed by atoms with Crippen molar-refractivity contribution in [3.63, 3.8) is 0 Å². The molecule has 2 rings (SSSR count). The van der Waals surface area contributed by atoms with E-state index in [4.69, 9.17) is 0 Å². The summed E-state index contributed by atoms with van der Waals surface area (Å²) in [5.74, 6) is 0.630. The quantitative estimate of drug-likeness (QED) is 0.791. The van der Waals surface area contributed by atoms with Crippen LogP contribution in [-0.4, -0.2) is 6.54 Å². The van der Waals surface area contributed by atoms with E-state index in [9.17, 15) is 8.78 Å². The molecule has 2 unspecified atom stereocenters. The summed E-state index contributed by atoms with van der Waals surface area (Å²) in [7, 11) is 0. The molecule has 3 heteroatoms. The number of alkyl halides is 2. The lowest BCUT2D eigenvalue weighted by Crippen LogP contribution is -2.13. The van der Waals surface area contributed by atoms with Crippen LogP contribution in [0, 0.1) is 5.92 Å². The van der Waals surface area contributed by atoms with E-state index in [1.54, 1.807) is 12.1 Å². The maximum absolute atomic E-state index is 12.5. The minimum absolute atomic E-state index is 0.119. The number of benzene rings is 1. The van der Waals surface area contributed by atoms with Crippen LogP contribution in [0.4, 0.5) is 8.78 Å². The van der Waals surface area contributed by atoms with Crippen LogP contribution < -0.4 is 5.32 Å². The number of hydrogen-bond acceptors (Lipinski definition) is 1. The van der Waals surface area contributed by atoms with E-state index in [2.05, 4.69) is 12.2 Å². The van der Waals surface area contributed by atoms with Gasteiger partial charge in [0.15, 0.2) is 0 Å². The highest BCUT2D eigenvalue weighted by Gasteiger charge is 2.22. The lowest BCUT2D eigenvalue weighted by atomic mass is 10.00. The molecule has 0 aromatic heterocycles. The highest BCUT2D eigenvalue weighted by atomic mass is 19.3. The number of halogens is 2. The summed E-state index contributed by atoms with van der Waals surface area (Å²) in [6, 6.07) is 6.97. The van der Waals surface area contributed by atoms with E-state index in [1.165, 1.54) is 6.07 Å². The van der Waals surface area contributed by atoms with Crippen molar-refractivity contribution in [3.05, 3.63) is 35.4 Å². The normalized spacial score (nSPS) is 26.1. The molecule has 82 valence electrons. The Labute approximate surface area is 88.5 Å². The van der Waals surface area contributed by atoms with Crippen molar-refractivity contribution >= 4 is 0 Å². The molecular formula is C12H15F2N. The van der Waals surface area contributed by atoms with Crippen molar-refractivity contribution < 1.29 is 8.78 Å². The molecule has 1 fully saturated rings. The van der Waals surface area contributed by atoms with Gasteiger partial charge in [0.1, 0.15) is 0 Å². The van der Waals surface area contributed by atoms with Gasteiger partial charge < -0.3 is 5.32 Å². The fourth-order valence-electron chi connectivity index (χ4n) is 2.08. The first kappa shape index (κ1) is 10.6. The Bertz CT molecular complexity index is 338. The van der Waals surface area contributed by atoms with Gasteiger partial charge in [0.25, 0.3) is 6.43 Å². The number of hydrogen-bond donors (Lipinski definition) is 1. The summed E-state index contributed by atoms with van der Waals surface area (Å²) < 4.78 is 25.0. The van der Waals surface area contributed by atoms with Gasteiger partial charge in [0.05, 0.1) is 0 Å². The molecule has 2 atom stereocenters. The molecule has 1 nitrogen and oxygen atoms in total. The highest BCUT2D eigenvalue weighted by molar-refractivity contribution is 5.27. The minimum atomic E-state index is -2.37. The first-order valence-electron chi connectivity index (χ1n) is 5.28. The van der Waals surface area contributed by atoms with E-state index < -0.39 is 6.43 Å². The van der Waals surface area contributed by atoms with Crippen molar-refractivity contribution in [2.24, 2.45) is 5.92 Å². The Balaban J connectivity index is 2.18. The van der Waals surface area contributed by atoms with Crippen LogP contribution >= 0.6 is 0 Å². The molecule has 1 aliphatic heterocycles. The van der Waals surface area contributed by atoms with Gasteiger partial charge in [-0.1, -0.05) is 25.1 Å². The molecule has 0 aliphatic carbocycles. The van der Waals surface area contributed by atoms with Gasteiger partial charge >= 0.3 is 0 Å². The summed E-state index contributed by atoms with van der Waals surface area (Å²) in [4.78, 5) is 0. The Morgan fingerprint density at radius 2 is 2.20 bits per heavy atom. The third-order valence-corrected chi connectivity index (χ3v) is 2.92. The van der Waals surface area contributed by atoms with Gasteiger partial charge in [-0.25, -0.2) is 8.78 Å². The maximum Gasteiger partial charge on any atom is 0.263 e. The first-order chi connectivity index (χ1) is 7.16. The Morgan fingerprint density at radius 3 is 2.80 bits per heavy atom. The fraction of sp³-hybridized carbons (Fsp3) is 0.500. The van der Waals surface area contributed by atoms with Gasteiger partial charge in [-0.3, -0.25) is 0 Å². The van der Waals surface area contributed by atoms with Crippen molar-refractivity contribution in [2.75, 3.05) is 6.54 Å². The van der Waals surface area contributed by atoms with E-state index in [1.807, 2.05) is 6.07 Å². The largest absolute Gasteiger partial charge is 0.310 e. The average Bonchev–Trinajstić information content (AvgIpc) is 2.65. The van der Waals surface area contributed by atoms with Crippen molar-refractivity contribution in [1.82, 2.24) is 5.32 Å². The van der Waals surface area contributed by atoms with Crippen LogP contribution in [0.3, 0.4) is 0 Å². The zero-order chi connectivity index (χ0) is 10.8. The average molecular weight is 211 g/mol. The molecule has 1 aromatic carbocycles. The molecule has 0 bridgehead atoms. The van der Waals surface area contributed by atoms with Gasteiger partial charge in [-0.05, 0) is 30.5 Å². The molecule has 1 aromatic rings. The predicted molar refractivity (Wildman–Crippen MR) is 55.9 cm³/mol. The lowest BCUT2D eigenvalue weighted by molar-refractivity contribution is 0.151. The first-order valence-corrected chi connectivity index (χ1v) is 5.28. The van der Waals surface area contributed by atoms with Crippen molar-refractivity contribution in [2.45, 2.75) is 25.8 Å². The van der Waals surface area contributed by atoms with Crippen LogP contribution in [0.15, 0.2) is 24.3 Å². The zero-order valence-electron chi connectivity index (χ0n) is 8.71. The van der Waals surface area contributed by atoms with Gasteiger partial charge in [-0.15, -0.1) is 0 Å². The molecule has 1 N–H and O–H groups in total. The SMILES string of the molecule is CC1CNC(c2cccc(C(F)F)c2)C1. The monoisotopic (exact) mass is 211 g/mol. The van der Waals surface area contributed by atoms with Gasteiger partial charge in [-0.2, -0.15) is 0 Å². The van der Waals surface area contributed by atoms with E-state index in [-0.39, 0.29) is 11.6 Å². The molecule has 1 heterocycles. The van der Waals surface area contributed by atoms with Gasteiger partial charge in [0.2, 0.25) is 0 Å². The topological polar surface area (TPSA) is 12.0 Å². The van der Waals surface area contributed by atoms with Gasteiger partial charge in [0, 0.05) is 11.6 Å². The molecule has 1 saturated heterocycles. The lowest BCUT2D eigenvalue weighted by Gasteiger charge is -2.11. The molecule has 0 amide bonds. The molecular weight excluding hydrogens is 196 g/mol. The Kier molecular flexibility index (Phi) is 3.00. The fourth-order valence-corrected chi connectivity index (χ4v) is 2.08. The van der Waals surface area contributed by atoms with E-state index in [0.717, 1.165) is 18.5 Å². The standard InChI is InChI=1S/C12H15F2N/c1-8-5-11(15-7-8)9-3-2-4-10(6-9)12(13)14/h2-4,6,8,11-12,15H,5,7H2,1H3. The second-order valence-corrected chi connectivity index (χ2v) is 4.27. The minimum Gasteiger partial charge on any atom is -0.310 e. The zero-order valence-corrected chi connectivity index (χ0v) is 8.71. The van der Waals surface area contributed by atoms with Crippen LogP contribution in [0.1, 0.15) is 36.9 Å². The van der Waals surface area contributed by atoms with Crippen LogP contribution in [-0.2, 0) is 0 Å². The van der Waals surface area contributed by atoms with E-state index in [0.29, 0.717) is 5.92 Å². The summed E-state index contributed by atoms with van der Waals surface area (Å²) in [6.07, 6.45) is -1.34. The summed E-state index contributed by atoms with van der Waals surface area (Å²) in [5, 5.41) is 3.34. The van der Waals surface area contributed by atoms with Crippen LogP contribution in [0.2, 0.25) is 0 Å². The Morgan fingerprint density at radius 1 is 1.40 bits per heavy atom. The van der Waals surface area contributed by atoms with Crippen molar-refractivity contribution in [3.8, 4) is 0 Å². The predicted octanol–water partition coefficient (Wildman–Crippen LogP) is 3.29. The second kappa shape index (κ2) is 4.27. The molecule has 0 spiro atoms. The smallest absolute Gasteiger partial charge is 0.263 e. The van der Waals surface area contributed by atoms with Crippen LogP contribution in [0.25, 0.3) is 0 Å². The second-order valence-electron chi connectivity index (χ2n) is 4.27. The number of nitrogens with one attached hydrogen (secondary N) is 1. The van der Waals surface area contributed by atoms with E-state index >= 15 is 0 Å². The maximum atomic E-state index is 12.5. The molecule has 15 heavy (non-hydrogen) atoms. The van der Waals surface area contributed by atoms with Crippen molar-refractivity contribution in [1.29, 1.82) is 0 Å². The molecule has 0 saturated carbocycles. The third kappa shape index (κ3) is 2.34. The molecule has 0 radical (unpaired) electrons. The number of rotatable bonds is 2. The summed E-state index contributed by atoms with van der Waals surface area (Å²) in [5.41, 5.74) is 1.10. The van der Waals surface area contributed by atoms with Crippen LogP contribution in [0.5, 0.6) is 0 Å². The third-order valence-electron chi connectivity index (χ3n) is 2.92. The summed E-state index contributed by atoms with van der Waals surface area (Å²) >= 11 is 0. The molecule has 1 aliphatic rings. The summed E-state index contributed by atoms with van der Waals surface area (Å²) in [6.45, 7) is 3.15. The Hall–Kier alpha value is -0.960. The highest BCUT2D eigenvalue weighted by Crippen LogP contribution is 2.29.